The molecule has 2 aromatic rings. The van der Waals surface area contributed by atoms with Crippen molar-refractivity contribution >= 4 is 23.4 Å². The van der Waals surface area contributed by atoms with Crippen LogP contribution in [0.1, 0.15) is 30.1 Å². The summed E-state index contributed by atoms with van der Waals surface area (Å²) in [5, 5.41) is 3.29. The molecular formula is C21H25N3OS. The van der Waals surface area contributed by atoms with Gasteiger partial charge < -0.3 is 11.1 Å². The topological polar surface area (TPSA) is 58.4 Å². The van der Waals surface area contributed by atoms with E-state index in [1.165, 1.54) is 25.9 Å². The standard InChI is InChI=1S/C21H25N3OS/c1-14-20(15-10-12-24(14)13-11-15)23-21(25)16-2-6-18(7-3-16)26-19-8-4-17(22)5-9-19/h2-9,14-15,20H,10-13,22H2,1H3,(H,23,25)/t14-,20+/m1/s1. The van der Waals surface area contributed by atoms with E-state index in [-0.39, 0.29) is 11.9 Å². The molecule has 0 aromatic heterocycles. The first-order valence-corrected chi connectivity index (χ1v) is 10.1. The number of hydrogen-bond donors (Lipinski definition) is 2. The second-order valence-corrected chi connectivity index (χ2v) is 8.46. The highest BCUT2D eigenvalue weighted by molar-refractivity contribution is 7.99. The number of rotatable bonds is 4. The average Bonchev–Trinajstić information content (AvgIpc) is 2.67. The molecule has 3 fully saturated rings. The van der Waals surface area contributed by atoms with E-state index >= 15 is 0 Å². The number of piperidine rings is 3. The van der Waals surface area contributed by atoms with Gasteiger partial charge in [-0.05, 0) is 87.3 Å². The maximum atomic E-state index is 12.7. The Morgan fingerprint density at radius 1 is 1.04 bits per heavy atom. The molecule has 3 N–H and O–H groups in total. The third kappa shape index (κ3) is 3.60. The number of nitrogens with zero attached hydrogens (tertiary/aromatic N) is 1. The normalized spacial score (nSPS) is 27.3. The summed E-state index contributed by atoms with van der Waals surface area (Å²) in [6, 6.07) is 16.4. The summed E-state index contributed by atoms with van der Waals surface area (Å²) >= 11 is 1.67. The highest BCUT2D eigenvalue weighted by atomic mass is 32.2. The van der Waals surface area contributed by atoms with Crippen molar-refractivity contribution in [1.29, 1.82) is 0 Å². The summed E-state index contributed by atoms with van der Waals surface area (Å²) in [5.74, 6) is 0.666. The van der Waals surface area contributed by atoms with E-state index in [1.807, 2.05) is 48.5 Å². The number of hydrogen-bond acceptors (Lipinski definition) is 4. The van der Waals surface area contributed by atoms with E-state index in [0.29, 0.717) is 12.0 Å². The van der Waals surface area contributed by atoms with E-state index in [0.717, 1.165) is 21.0 Å². The van der Waals surface area contributed by atoms with Crippen LogP contribution in [0.4, 0.5) is 5.69 Å². The fourth-order valence-electron chi connectivity index (χ4n) is 4.13. The molecule has 2 bridgehead atoms. The first kappa shape index (κ1) is 17.4. The van der Waals surface area contributed by atoms with Gasteiger partial charge in [0.15, 0.2) is 0 Å². The van der Waals surface area contributed by atoms with E-state index in [2.05, 4.69) is 17.1 Å². The SMILES string of the molecule is C[C@@H]1[C@H](NC(=O)c2ccc(Sc3ccc(N)cc3)cc2)C2CCN1CC2. The molecule has 3 aliphatic rings. The van der Waals surface area contributed by atoms with Gasteiger partial charge in [-0.2, -0.15) is 0 Å². The van der Waals surface area contributed by atoms with Gasteiger partial charge in [-0.15, -0.1) is 0 Å². The molecule has 1 amide bonds. The van der Waals surface area contributed by atoms with Crippen molar-refractivity contribution in [3.05, 3.63) is 54.1 Å². The van der Waals surface area contributed by atoms with E-state index in [9.17, 15) is 4.79 Å². The first-order valence-electron chi connectivity index (χ1n) is 9.28. The molecule has 4 nitrogen and oxygen atoms in total. The largest absolute Gasteiger partial charge is 0.399 e. The fraction of sp³-hybridized carbons (Fsp3) is 0.381. The smallest absolute Gasteiger partial charge is 0.251 e. The third-order valence-electron chi connectivity index (χ3n) is 5.71. The molecule has 5 rings (SSSR count). The average molecular weight is 368 g/mol. The van der Waals surface area contributed by atoms with Crippen LogP contribution >= 0.6 is 11.8 Å². The van der Waals surface area contributed by atoms with Crippen LogP contribution in [0.15, 0.2) is 58.3 Å². The third-order valence-corrected chi connectivity index (χ3v) is 6.72. The van der Waals surface area contributed by atoms with Gasteiger partial charge in [0.2, 0.25) is 0 Å². The minimum Gasteiger partial charge on any atom is -0.399 e. The Balaban J connectivity index is 1.40. The monoisotopic (exact) mass is 367 g/mol. The molecule has 3 saturated heterocycles. The molecule has 2 atom stereocenters. The van der Waals surface area contributed by atoms with Gasteiger partial charge in [0.25, 0.3) is 5.91 Å². The predicted octanol–water partition coefficient (Wildman–Crippen LogP) is 3.63. The number of anilines is 1. The Morgan fingerprint density at radius 2 is 1.62 bits per heavy atom. The predicted molar refractivity (Wildman–Crippen MR) is 106 cm³/mol. The van der Waals surface area contributed by atoms with Gasteiger partial charge >= 0.3 is 0 Å². The van der Waals surface area contributed by atoms with Crippen LogP contribution < -0.4 is 11.1 Å². The van der Waals surface area contributed by atoms with Crippen molar-refractivity contribution in [2.24, 2.45) is 5.92 Å². The molecule has 2 aromatic carbocycles. The number of carbonyl (C=O) groups is 1. The van der Waals surface area contributed by atoms with Crippen LogP contribution in [-0.4, -0.2) is 36.0 Å². The lowest BCUT2D eigenvalue weighted by Crippen LogP contribution is -2.62. The van der Waals surface area contributed by atoms with Crippen molar-refractivity contribution in [3.8, 4) is 0 Å². The highest BCUT2D eigenvalue weighted by Crippen LogP contribution is 2.32. The number of carbonyl (C=O) groups excluding carboxylic acids is 1. The van der Waals surface area contributed by atoms with Crippen molar-refractivity contribution in [2.75, 3.05) is 18.8 Å². The number of benzene rings is 2. The molecule has 3 heterocycles. The van der Waals surface area contributed by atoms with Gasteiger partial charge in [0.05, 0.1) is 0 Å². The molecule has 0 aliphatic carbocycles. The molecule has 26 heavy (non-hydrogen) atoms. The van der Waals surface area contributed by atoms with Gasteiger partial charge in [-0.3, -0.25) is 9.69 Å². The molecule has 5 heteroatoms. The van der Waals surface area contributed by atoms with Crippen molar-refractivity contribution in [3.63, 3.8) is 0 Å². The van der Waals surface area contributed by atoms with Crippen molar-refractivity contribution < 1.29 is 4.79 Å². The zero-order valence-electron chi connectivity index (χ0n) is 15.0. The second kappa shape index (κ2) is 7.33. The highest BCUT2D eigenvalue weighted by Gasteiger charge is 2.40. The maximum Gasteiger partial charge on any atom is 0.251 e. The summed E-state index contributed by atoms with van der Waals surface area (Å²) < 4.78 is 0. The maximum absolute atomic E-state index is 12.7. The molecular weight excluding hydrogens is 342 g/mol. The Kier molecular flexibility index (Phi) is 4.92. The Morgan fingerprint density at radius 3 is 2.19 bits per heavy atom. The van der Waals surface area contributed by atoms with Crippen molar-refractivity contribution in [2.45, 2.75) is 41.6 Å². The fourth-order valence-corrected chi connectivity index (χ4v) is 4.94. The van der Waals surface area contributed by atoms with Crippen LogP contribution in [0.5, 0.6) is 0 Å². The zero-order valence-corrected chi connectivity index (χ0v) is 15.8. The number of nitrogens with one attached hydrogen (secondary N) is 1. The lowest BCUT2D eigenvalue weighted by Gasteiger charge is -2.49. The van der Waals surface area contributed by atoms with Gasteiger partial charge in [0.1, 0.15) is 0 Å². The van der Waals surface area contributed by atoms with Crippen LogP contribution in [0.2, 0.25) is 0 Å². The van der Waals surface area contributed by atoms with Crippen LogP contribution in [0.3, 0.4) is 0 Å². The van der Waals surface area contributed by atoms with Gasteiger partial charge in [0, 0.05) is 33.1 Å². The first-order chi connectivity index (χ1) is 12.6. The van der Waals surface area contributed by atoms with E-state index < -0.39 is 0 Å². The summed E-state index contributed by atoms with van der Waals surface area (Å²) in [4.78, 5) is 17.4. The Bertz CT molecular complexity index is 765. The molecule has 3 aliphatic heterocycles. The quantitative estimate of drug-likeness (QED) is 0.810. The van der Waals surface area contributed by atoms with Crippen molar-refractivity contribution in [1.82, 2.24) is 10.2 Å². The van der Waals surface area contributed by atoms with Crippen LogP contribution in [-0.2, 0) is 0 Å². The van der Waals surface area contributed by atoms with E-state index in [1.54, 1.807) is 11.8 Å². The molecule has 0 saturated carbocycles. The Hall–Kier alpha value is -1.98. The number of amides is 1. The summed E-state index contributed by atoms with van der Waals surface area (Å²) in [7, 11) is 0. The lowest BCUT2D eigenvalue weighted by atomic mass is 9.79. The van der Waals surface area contributed by atoms with Gasteiger partial charge in [-0.25, -0.2) is 0 Å². The minimum absolute atomic E-state index is 0.0413. The summed E-state index contributed by atoms with van der Waals surface area (Å²) in [5.41, 5.74) is 7.22. The van der Waals surface area contributed by atoms with Gasteiger partial charge in [-0.1, -0.05) is 11.8 Å². The molecule has 0 radical (unpaired) electrons. The summed E-state index contributed by atoms with van der Waals surface area (Å²) in [6.45, 7) is 4.59. The molecule has 0 spiro atoms. The lowest BCUT2D eigenvalue weighted by molar-refractivity contribution is 0.0217. The number of nitrogens with two attached hydrogens (primary N) is 1. The molecule has 136 valence electrons. The van der Waals surface area contributed by atoms with Crippen LogP contribution in [0, 0.1) is 5.92 Å². The van der Waals surface area contributed by atoms with Crippen LogP contribution in [0.25, 0.3) is 0 Å². The Labute approximate surface area is 159 Å². The second-order valence-electron chi connectivity index (χ2n) is 7.31. The zero-order chi connectivity index (χ0) is 18.1. The minimum atomic E-state index is 0.0413. The van der Waals surface area contributed by atoms with E-state index in [4.69, 9.17) is 5.73 Å². The number of fused-ring (bicyclic) bond motifs is 3. The number of nitrogen functional groups attached to an aromatic ring is 1. The summed E-state index contributed by atoms with van der Waals surface area (Å²) in [6.07, 6.45) is 2.40. The molecule has 0 unspecified atom stereocenters.